The van der Waals surface area contributed by atoms with E-state index in [1.54, 1.807) is 5.41 Å². The number of hydrogen-bond acceptors (Lipinski definition) is 2. The van der Waals surface area contributed by atoms with Crippen molar-refractivity contribution in [3.05, 3.63) is 12.0 Å². The molecule has 0 fully saturated rings. The topological polar surface area (TPSA) is 12.4 Å². The van der Waals surface area contributed by atoms with E-state index < -0.39 is 0 Å². The van der Waals surface area contributed by atoms with Gasteiger partial charge in [0.25, 0.3) is 0 Å². The van der Waals surface area contributed by atoms with Gasteiger partial charge in [-0.1, -0.05) is 6.58 Å². The minimum atomic E-state index is 1.24. The summed E-state index contributed by atoms with van der Waals surface area (Å²) >= 11 is 1.24. The number of hydrogen-bond donors (Lipinski definition) is 0. The van der Waals surface area contributed by atoms with Crippen LogP contribution in [0.2, 0.25) is 0 Å². The van der Waals surface area contributed by atoms with E-state index in [1.807, 2.05) is 0 Å². The van der Waals surface area contributed by atoms with Gasteiger partial charge in [0.1, 0.15) is 0 Å². The van der Waals surface area contributed by atoms with Crippen LogP contribution in [0.3, 0.4) is 0 Å². The molecule has 0 radical (unpaired) electrons. The third kappa shape index (κ3) is 3.76. The zero-order chi connectivity index (χ0) is 4.12. The Kier molecular flexibility index (Phi) is 3.58. The van der Waals surface area contributed by atoms with Crippen LogP contribution in [-0.4, -0.2) is 6.72 Å². The fourth-order valence-corrected chi connectivity index (χ4v) is 0.158. The molecular formula is C3H5NS. The second-order valence-electron chi connectivity index (χ2n) is 0.401. The van der Waals surface area contributed by atoms with Crippen molar-refractivity contribution >= 4 is 18.7 Å². The van der Waals surface area contributed by atoms with Crippen LogP contribution >= 0.6 is 11.9 Å². The quantitative estimate of drug-likeness (QED) is 0.367. The Hall–Kier alpha value is -0.240. The maximum Gasteiger partial charge on any atom is 0.000860 e. The van der Waals surface area contributed by atoms with E-state index in [0.717, 1.165) is 0 Å². The van der Waals surface area contributed by atoms with Crippen molar-refractivity contribution < 1.29 is 0 Å². The van der Waals surface area contributed by atoms with E-state index >= 15 is 0 Å². The van der Waals surface area contributed by atoms with Crippen LogP contribution in [0.4, 0.5) is 0 Å². The summed E-state index contributed by atoms with van der Waals surface area (Å²) in [7, 11) is 0. The van der Waals surface area contributed by atoms with Crippen LogP contribution in [0, 0.1) is 0 Å². The molecule has 0 aromatic rings. The molecule has 0 spiro atoms. The largest absolute Gasteiger partial charge is 0.228 e. The van der Waals surface area contributed by atoms with Crippen molar-refractivity contribution in [2.24, 2.45) is 4.40 Å². The first kappa shape index (κ1) is 4.76. The lowest BCUT2D eigenvalue weighted by molar-refractivity contribution is 2.04. The average Bonchev–Trinajstić information content (AvgIpc) is 1.41. The maximum absolute atomic E-state index is 3.40. The van der Waals surface area contributed by atoms with Gasteiger partial charge in [0.2, 0.25) is 0 Å². The van der Waals surface area contributed by atoms with Crippen LogP contribution in [0.1, 0.15) is 0 Å². The summed E-state index contributed by atoms with van der Waals surface area (Å²) < 4.78 is 3.40. The molecule has 0 aliphatic heterocycles. The van der Waals surface area contributed by atoms with Crippen molar-refractivity contribution in [3.8, 4) is 0 Å². The molecule has 1 nitrogen and oxygen atoms in total. The van der Waals surface area contributed by atoms with Crippen LogP contribution in [0.25, 0.3) is 0 Å². The molecule has 0 bridgehead atoms. The predicted molar refractivity (Wildman–Crippen MR) is 27.3 cm³/mol. The second kappa shape index (κ2) is 3.76. The lowest BCUT2D eigenvalue weighted by Gasteiger charge is -1.65. The Morgan fingerprint density at radius 3 is 2.40 bits per heavy atom. The molecule has 0 aliphatic rings. The van der Waals surface area contributed by atoms with Gasteiger partial charge in [-0.2, -0.15) is 0 Å². The van der Waals surface area contributed by atoms with Gasteiger partial charge in [0.15, 0.2) is 0 Å². The molecule has 28 valence electrons. The van der Waals surface area contributed by atoms with Crippen molar-refractivity contribution in [2.75, 3.05) is 0 Å². The monoisotopic (exact) mass is 87.0 g/mol. The van der Waals surface area contributed by atoms with E-state index in [2.05, 4.69) is 17.7 Å². The summed E-state index contributed by atoms with van der Waals surface area (Å²) in [6.07, 6.45) is 0. The Morgan fingerprint density at radius 2 is 2.40 bits per heavy atom. The van der Waals surface area contributed by atoms with Crippen LogP contribution in [-0.2, 0) is 0 Å². The molecule has 0 amide bonds. The summed E-state index contributed by atoms with van der Waals surface area (Å²) in [5.74, 6) is 0. The smallest absolute Gasteiger partial charge is 0.000860 e. The molecule has 0 heterocycles. The third-order valence-electron chi connectivity index (χ3n) is 0.149. The van der Waals surface area contributed by atoms with Gasteiger partial charge in [-0.05, 0) is 12.1 Å². The highest BCUT2D eigenvalue weighted by Gasteiger charge is 1.52. The highest BCUT2D eigenvalue weighted by Crippen LogP contribution is 1.95. The van der Waals surface area contributed by atoms with Crippen LogP contribution in [0.5, 0.6) is 0 Å². The maximum atomic E-state index is 3.40. The van der Waals surface area contributed by atoms with Crippen LogP contribution < -0.4 is 0 Å². The number of nitrogens with zero attached hydrogens (tertiary/aromatic N) is 1. The fraction of sp³-hybridized carbons (Fsp3) is 0. The van der Waals surface area contributed by atoms with Gasteiger partial charge >= 0.3 is 0 Å². The summed E-state index contributed by atoms with van der Waals surface area (Å²) in [5, 5.41) is 1.62. The van der Waals surface area contributed by atoms with Crippen molar-refractivity contribution in [1.29, 1.82) is 0 Å². The molecule has 0 aromatic heterocycles. The Labute approximate surface area is 35.9 Å². The summed E-state index contributed by atoms with van der Waals surface area (Å²) in [6, 6.07) is 0. The van der Waals surface area contributed by atoms with E-state index in [4.69, 9.17) is 0 Å². The van der Waals surface area contributed by atoms with E-state index in [9.17, 15) is 0 Å². The lowest BCUT2D eigenvalue weighted by atomic mass is 11.3. The standard InChI is InChI=1S/C3H5NS/c1-3-5-4-2/h3H,1-2H2. The predicted octanol–water partition coefficient (Wildman–Crippen LogP) is 1.48. The van der Waals surface area contributed by atoms with Crippen molar-refractivity contribution in [1.82, 2.24) is 0 Å². The first-order valence-corrected chi connectivity index (χ1v) is 1.98. The first-order valence-electron chi connectivity index (χ1n) is 1.14. The Morgan fingerprint density at radius 1 is 1.80 bits per heavy atom. The Bertz CT molecular complexity index is 36.2. The molecule has 0 atom stereocenters. The highest BCUT2D eigenvalue weighted by molar-refractivity contribution is 8.00. The van der Waals surface area contributed by atoms with Crippen molar-refractivity contribution in [2.45, 2.75) is 0 Å². The molecule has 0 rings (SSSR count). The van der Waals surface area contributed by atoms with Gasteiger partial charge in [-0.15, -0.1) is 0 Å². The molecule has 0 aliphatic carbocycles. The van der Waals surface area contributed by atoms with E-state index in [0.29, 0.717) is 0 Å². The van der Waals surface area contributed by atoms with Gasteiger partial charge in [-0.25, -0.2) is 4.40 Å². The summed E-state index contributed by atoms with van der Waals surface area (Å²) in [5.41, 5.74) is 0. The van der Waals surface area contributed by atoms with Gasteiger partial charge in [-0.3, -0.25) is 0 Å². The van der Waals surface area contributed by atoms with Gasteiger partial charge < -0.3 is 0 Å². The molecule has 0 saturated carbocycles. The molecular weight excluding hydrogens is 82.1 g/mol. The first-order chi connectivity index (χ1) is 2.41. The lowest BCUT2D eigenvalue weighted by Crippen LogP contribution is -1.29. The summed E-state index contributed by atoms with van der Waals surface area (Å²) in [6.45, 7) is 6.57. The average molecular weight is 87.1 g/mol. The minimum Gasteiger partial charge on any atom is -0.228 e. The fourth-order valence-electron chi connectivity index (χ4n) is 0.0527. The molecule has 2 heteroatoms. The zero-order valence-electron chi connectivity index (χ0n) is 2.85. The molecule has 0 saturated heterocycles. The molecule has 0 unspecified atom stereocenters. The molecule has 5 heavy (non-hydrogen) atoms. The van der Waals surface area contributed by atoms with Crippen LogP contribution in [0.15, 0.2) is 16.4 Å². The second-order valence-corrected chi connectivity index (χ2v) is 1.20. The normalized spacial score (nSPS) is 6.40. The highest BCUT2D eigenvalue weighted by atomic mass is 32.2. The Balaban J connectivity index is 2.65. The minimum absolute atomic E-state index is 1.24. The number of rotatable bonds is 2. The molecule has 0 aromatic carbocycles. The zero-order valence-corrected chi connectivity index (χ0v) is 3.66. The van der Waals surface area contributed by atoms with Crippen molar-refractivity contribution in [3.63, 3.8) is 0 Å². The summed E-state index contributed by atoms with van der Waals surface area (Å²) in [4.78, 5) is 0. The SMILES string of the molecule is C=CSN=C. The van der Waals surface area contributed by atoms with E-state index in [-0.39, 0.29) is 0 Å². The van der Waals surface area contributed by atoms with Gasteiger partial charge in [0.05, 0.1) is 0 Å². The third-order valence-corrected chi connectivity index (χ3v) is 0.447. The molecule has 0 N–H and O–H groups in total. The van der Waals surface area contributed by atoms with E-state index in [1.165, 1.54) is 11.9 Å². The van der Waals surface area contributed by atoms with Gasteiger partial charge in [0, 0.05) is 11.9 Å².